The molecule has 1 aliphatic rings. The number of hydrogen-bond donors (Lipinski definition) is 2. The Labute approximate surface area is 310 Å². The van der Waals surface area contributed by atoms with Crippen molar-refractivity contribution in [3.05, 3.63) is 72.2 Å². The van der Waals surface area contributed by atoms with E-state index >= 15 is 0 Å². The van der Waals surface area contributed by atoms with Crippen LogP contribution >= 0.6 is 0 Å². The first-order valence-corrected chi connectivity index (χ1v) is 25.0. The van der Waals surface area contributed by atoms with E-state index in [1.165, 1.54) is 0 Å². The SMILES string of the molecule is CC(C)(C)[S@@+]([O-])N[C@@](O)(c1cccc(-c2ccc3cnn(-c4cccc(CO[Si](C)(C)C(C)(C)C)n4)c3c2)n1)C1CC(O[Si](C)(C)C(C)(C)C)C1. The Morgan fingerprint density at radius 3 is 2.16 bits per heavy atom. The van der Waals surface area contributed by atoms with Gasteiger partial charge < -0.3 is 18.5 Å². The van der Waals surface area contributed by atoms with Gasteiger partial charge in [-0.05, 0) is 100 Å². The fourth-order valence-corrected chi connectivity index (χ4v) is 8.72. The van der Waals surface area contributed by atoms with E-state index in [4.69, 9.17) is 23.9 Å². The van der Waals surface area contributed by atoms with E-state index in [9.17, 15) is 9.66 Å². The lowest BCUT2D eigenvalue weighted by atomic mass is 9.74. The predicted molar refractivity (Wildman–Crippen MR) is 214 cm³/mol. The van der Waals surface area contributed by atoms with Crippen molar-refractivity contribution in [2.45, 2.75) is 135 Å². The van der Waals surface area contributed by atoms with Gasteiger partial charge in [0.25, 0.3) is 0 Å². The summed E-state index contributed by atoms with van der Waals surface area (Å²) in [5.74, 6) is 0.493. The summed E-state index contributed by atoms with van der Waals surface area (Å²) in [6, 6.07) is 17.7. The lowest BCUT2D eigenvalue weighted by Gasteiger charge is -2.49. The number of pyridine rings is 2. The second-order valence-electron chi connectivity index (χ2n) is 18.2. The van der Waals surface area contributed by atoms with Crippen molar-refractivity contribution in [1.29, 1.82) is 0 Å². The van der Waals surface area contributed by atoms with Gasteiger partial charge in [-0.3, -0.25) is 0 Å². The molecule has 2 atom stereocenters. The van der Waals surface area contributed by atoms with Gasteiger partial charge in [0.2, 0.25) is 5.72 Å². The minimum Gasteiger partial charge on any atom is -0.598 e. The second kappa shape index (κ2) is 14.1. The zero-order valence-corrected chi connectivity index (χ0v) is 35.7. The van der Waals surface area contributed by atoms with Crippen LogP contribution in [-0.2, 0) is 32.5 Å². The normalized spacial score (nSPS) is 19.5. The molecule has 278 valence electrons. The monoisotopic (exact) mass is 749 g/mol. The highest BCUT2D eigenvalue weighted by Gasteiger charge is 2.53. The maximum absolute atomic E-state index is 13.5. The molecule has 0 radical (unpaired) electrons. The highest BCUT2D eigenvalue weighted by atomic mass is 32.2. The largest absolute Gasteiger partial charge is 0.598 e. The smallest absolute Gasteiger partial charge is 0.203 e. The summed E-state index contributed by atoms with van der Waals surface area (Å²) in [4.78, 5) is 9.96. The van der Waals surface area contributed by atoms with Crippen molar-refractivity contribution < 1.29 is 18.5 Å². The third-order valence-corrected chi connectivity index (χ3v) is 21.8. The van der Waals surface area contributed by atoms with Crippen molar-refractivity contribution in [1.82, 2.24) is 24.5 Å². The Bertz CT molecular complexity index is 1840. The maximum Gasteiger partial charge on any atom is 0.203 e. The quantitative estimate of drug-likeness (QED) is 0.0887. The van der Waals surface area contributed by atoms with E-state index in [-0.39, 0.29) is 22.1 Å². The van der Waals surface area contributed by atoms with E-state index in [1.54, 1.807) is 0 Å². The summed E-state index contributed by atoms with van der Waals surface area (Å²) in [7, 11) is -3.92. The van der Waals surface area contributed by atoms with E-state index in [0.717, 1.165) is 22.2 Å². The Kier molecular flexibility index (Phi) is 11.0. The molecule has 4 aromatic rings. The first kappa shape index (κ1) is 39.8. The van der Waals surface area contributed by atoms with E-state index in [2.05, 4.69) is 78.5 Å². The minimum absolute atomic E-state index is 0.0453. The van der Waals surface area contributed by atoms with Gasteiger partial charge >= 0.3 is 0 Å². The highest BCUT2D eigenvalue weighted by Crippen LogP contribution is 2.47. The van der Waals surface area contributed by atoms with Gasteiger partial charge in [-0.25, -0.2) is 14.6 Å². The standard InChI is InChI=1S/C39H59N5O4SSi2/c1-36(2,3)49(46)43-39(45,29-23-31(24-29)48-51(12,13)38(7,8)9)34-18-15-17-32(42-34)27-20-21-28-25-40-44(33(28)22-27)35-19-14-16-30(41-35)26-47-50(10,11)37(4,5)6/h14-22,25,29,31,43,45H,23-24,26H2,1-13H3/t29?,31?,39-,49+/m0/s1. The van der Waals surface area contributed by atoms with E-state index < -0.39 is 38.5 Å². The van der Waals surface area contributed by atoms with Crippen LogP contribution in [0.2, 0.25) is 36.3 Å². The second-order valence-corrected chi connectivity index (χ2v) is 29.7. The van der Waals surface area contributed by atoms with Crippen LogP contribution in [0, 0.1) is 5.92 Å². The van der Waals surface area contributed by atoms with Crippen molar-refractivity contribution >= 4 is 38.9 Å². The molecule has 51 heavy (non-hydrogen) atoms. The molecule has 0 amide bonds. The first-order valence-electron chi connectivity index (χ1n) is 18.1. The fraction of sp³-hybridized carbons (Fsp3) is 0.564. The third kappa shape index (κ3) is 8.54. The molecule has 0 spiro atoms. The molecule has 2 N–H and O–H groups in total. The van der Waals surface area contributed by atoms with Crippen LogP contribution in [0.1, 0.15) is 86.5 Å². The Morgan fingerprint density at radius 1 is 0.882 bits per heavy atom. The van der Waals surface area contributed by atoms with Crippen molar-refractivity contribution in [3.8, 4) is 17.1 Å². The molecule has 1 aliphatic carbocycles. The van der Waals surface area contributed by atoms with Gasteiger partial charge in [-0.1, -0.05) is 65.8 Å². The Morgan fingerprint density at radius 2 is 1.53 bits per heavy atom. The molecule has 0 aliphatic heterocycles. The molecule has 1 aromatic carbocycles. The fourth-order valence-electron chi connectivity index (χ4n) is 5.54. The molecule has 1 fully saturated rings. The zero-order valence-electron chi connectivity index (χ0n) is 32.9. The van der Waals surface area contributed by atoms with Crippen molar-refractivity contribution in [3.63, 3.8) is 0 Å². The lowest BCUT2D eigenvalue weighted by Crippen LogP contribution is -2.60. The van der Waals surface area contributed by atoms with Crippen LogP contribution < -0.4 is 4.72 Å². The Hall–Kier alpha value is -2.43. The number of aliphatic hydroxyl groups is 1. The van der Waals surface area contributed by atoms with Crippen LogP contribution in [-0.4, -0.2) is 56.9 Å². The van der Waals surface area contributed by atoms with Gasteiger partial charge in [0.1, 0.15) is 4.75 Å². The topological polar surface area (TPSA) is 117 Å². The number of rotatable bonds is 11. The van der Waals surface area contributed by atoms with Gasteiger partial charge in [0.15, 0.2) is 22.5 Å². The van der Waals surface area contributed by atoms with Crippen LogP contribution in [0.15, 0.2) is 60.8 Å². The number of benzene rings is 1. The van der Waals surface area contributed by atoms with Gasteiger partial charge in [-0.15, -0.1) is 4.72 Å². The average molecular weight is 750 g/mol. The molecule has 0 unspecified atom stereocenters. The molecule has 9 nitrogen and oxygen atoms in total. The number of aromatic nitrogens is 4. The number of fused-ring (bicyclic) bond motifs is 1. The molecule has 5 rings (SSSR count). The van der Waals surface area contributed by atoms with Crippen LogP contribution in [0.4, 0.5) is 0 Å². The summed E-state index contributed by atoms with van der Waals surface area (Å²) in [5.41, 5.74) is 2.15. The zero-order chi connectivity index (χ0) is 37.8. The Balaban J connectivity index is 1.44. The molecule has 0 bridgehead atoms. The molecule has 1 saturated carbocycles. The third-order valence-electron chi connectivity index (χ3n) is 11.2. The van der Waals surface area contributed by atoms with Crippen LogP contribution in [0.5, 0.6) is 0 Å². The molecule has 12 heteroatoms. The summed E-state index contributed by atoms with van der Waals surface area (Å²) >= 11 is -1.54. The number of nitrogens with one attached hydrogen (secondary N) is 1. The van der Waals surface area contributed by atoms with Crippen LogP contribution in [0.25, 0.3) is 28.0 Å². The lowest BCUT2D eigenvalue weighted by molar-refractivity contribution is -0.109. The first-order chi connectivity index (χ1) is 23.4. The van der Waals surface area contributed by atoms with E-state index in [1.807, 2.05) is 80.2 Å². The summed E-state index contributed by atoms with van der Waals surface area (Å²) < 4.78 is 31.0. The van der Waals surface area contributed by atoms with Gasteiger partial charge in [0, 0.05) is 34.3 Å². The van der Waals surface area contributed by atoms with Crippen molar-refractivity contribution in [2.75, 3.05) is 0 Å². The predicted octanol–water partition coefficient (Wildman–Crippen LogP) is 9.00. The van der Waals surface area contributed by atoms with Gasteiger partial charge in [0.05, 0.1) is 35.4 Å². The summed E-state index contributed by atoms with van der Waals surface area (Å²) in [6.45, 7) is 28.6. The van der Waals surface area contributed by atoms with Gasteiger partial charge in [-0.2, -0.15) is 5.10 Å². The molecule has 3 heterocycles. The van der Waals surface area contributed by atoms with E-state index in [0.29, 0.717) is 36.7 Å². The highest BCUT2D eigenvalue weighted by molar-refractivity contribution is 7.90. The average Bonchev–Trinajstić information content (AvgIpc) is 3.43. The molecule has 3 aromatic heterocycles. The number of hydrogen-bond acceptors (Lipinski definition) is 8. The minimum atomic E-state index is -1.98. The molecular weight excluding hydrogens is 691 g/mol. The molecular formula is C39H59N5O4SSi2. The summed E-state index contributed by atoms with van der Waals surface area (Å²) in [5, 5.41) is 18.3. The van der Waals surface area contributed by atoms with Crippen LogP contribution in [0.3, 0.4) is 0 Å². The maximum atomic E-state index is 13.5. The summed E-state index contributed by atoms with van der Waals surface area (Å²) in [6.07, 6.45) is 3.19. The molecule has 0 saturated heterocycles. The van der Waals surface area contributed by atoms with Crippen molar-refractivity contribution in [2.24, 2.45) is 5.92 Å². The number of nitrogens with zero attached hydrogens (tertiary/aromatic N) is 4.